The third kappa shape index (κ3) is 3.91. The van der Waals surface area contributed by atoms with Crippen LogP contribution in [0.1, 0.15) is 56.5 Å². The second-order valence-corrected chi connectivity index (χ2v) is 11.1. The van der Waals surface area contributed by atoms with Crippen molar-refractivity contribution in [1.29, 1.82) is 0 Å². The number of fused-ring (bicyclic) bond motifs is 4. The predicted molar refractivity (Wildman–Crippen MR) is 144 cm³/mol. The molecule has 3 aromatic rings. The number of imide groups is 1. The van der Waals surface area contributed by atoms with E-state index in [1.165, 1.54) is 17.7 Å². The van der Waals surface area contributed by atoms with Gasteiger partial charge in [0.05, 0.1) is 6.61 Å². The Morgan fingerprint density at radius 2 is 1.81 bits per heavy atom. The summed E-state index contributed by atoms with van der Waals surface area (Å²) in [4.78, 5) is 37.4. The lowest BCUT2D eigenvalue weighted by atomic mass is 9.81. The Morgan fingerprint density at radius 3 is 2.54 bits per heavy atom. The summed E-state index contributed by atoms with van der Waals surface area (Å²) in [6.45, 7) is 10.0. The number of H-pyrrole nitrogens is 1. The molecule has 2 saturated heterocycles. The summed E-state index contributed by atoms with van der Waals surface area (Å²) in [5.41, 5.74) is 3.13. The van der Waals surface area contributed by atoms with Crippen LogP contribution < -0.4 is 4.74 Å². The van der Waals surface area contributed by atoms with E-state index in [-0.39, 0.29) is 18.0 Å². The Hall–Kier alpha value is -3.32. The Labute approximate surface area is 218 Å². The zero-order valence-electron chi connectivity index (χ0n) is 22.0. The average molecular weight is 501 g/mol. The molecule has 3 aliphatic rings. The number of carbonyl (C=O) groups excluding carboxylic acids is 2. The van der Waals surface area contributed by atoms with E-state index in [9.17, 15) is 9.59 Å². The maximum Gasteiger partial charge on any atom is 0.328 e. The van der Waals surface area contributed by atoms with E-state index < -0.39 is 5.54 Å². The number of amides is 3. The Morgan fingerprint density at radius 1 is 1.05 bits per heavy atom. The van der Waals surface area contributed by atoms with Crippen molar-refractivity contribution in [3.8, 4) is 5.75 Å². The van der Waals surface area contributed by atoms with Gasteiger partial charge in [0.25, 0.3) is 5.91 Å². The van der Waals surface area contributed by atoms with Gasteiger partial charge in [0.2, 0.25) is 0 Å². The highest BCUT2D eigenvalue weighted by Crippen LogP contribution is 2.49. The summed E-state index contributed by atoms with van der Waals surface area (Å²) in [7, 11) is 0. The summed E-state index contributed by atoms with van der Waals surface area (Å²) in [6.07, 6.45) is 2.82. The van der Waals surface area contributed by atoms with E-state index in [1.54, 1.807) is 0 Å². The predicted octanol–water partition coefficient (Wildman–Crippen LogP) is 4.97. The molecule has 194 valence electrons. The van der Waals surface area contributed by atoms with Crippen LogP contribution in [0.2, 0.25) is 0 Å². The van der Waals surface area contributed by atoms with Crippen LogP contribution in [0, 0.1) is 5.92 Å². The van der Waals surface area contributed by atoms with E-state index in [4.69, 9.17) is 4.74 Å². The number of urea groups is 1. The summed E-state index contributed by atoms with van der Waals surface area (Å²) in [5.74, 6) is 1.47. The number of aromatic nitrogens is 1. The molecule has 7 heteroatoms. The van der Waals surface area contributed by atoms with Gasteiger partial charge in [0.15, 0.2) is 0 Å². The molecule has 0 spiro atoms. The van der Waals surface area contributed by atoms with Crippen LogP contribution in [-0.4, -0.2) is 69.9 Å². The lowest BCUT2D eigenvalue weighted by Crippen LogP contribution is -2.53. The highest BCUT2D eigenvalue weighted by molar-refractivity contribution is 6.08. The van der Waals surface area contributed by atoms with Crippen molar-refractivity contribution in [2.75, 3.05) is 32.8 Å². The molecule has 0 radical (unpaired) electrons. The number of nitrogens with one attached hydrogen (secondary N) is 1. The zero-order valence-corrected chi connectivity index (χ0v) is 22.0. The molecule has 0 saturated carbocycles. The van der Waals surface area contributed by atoms with Crippen molar-refractivity contribution in [2.24, 2.45) is 5.92 Å². The normalized spacial score (nSPS) is 24.6. The van der Waals surface area contributed by atoms with Gasteiger partial charge in [-0.15, -0.1) is 0 Å². The maximum atomic E-state index is 14.0. The summed E-state index contributed by atoms with van der Waals surface area (Å²) in [5, 5.41) is 1.06. The van der Waals surface area contributed by atoms with Gasteiger partial charge in [-0.2, -0.15) is 0 Å². The molecule has 2 fully saturated rings. The number of likely N-dealkylation sites (tertiary alicyclic amines) is 1. The van der Waals surface area contributed by atoms with Gasteiger partial charge >= 0.3 is 6.03 Å². The van der Waals surface area contributed by atoms with Crippen LogP contribution >= 0.6 is 0 Å². The monoisotopic (exact) mass is 500 g/mol. The van der Waals surface area contributed by atoms with Gasteiger partial charge < -0.3 is 14.6 Å². The number of hydrogen-bond acceptors (Lipinski definition) is 4. The fourth-order valence-corrected chi connectivity index (χ4v) is 6.45. The minimum absolute atomic E-state index is 0.0928. The van der Waals surface area contributed by atoms with Gasteiger partial charge in [0.1, 0.15) is 17.3 Å². The van der Waals surface area contributed by atoms with Crippen molar-refractivity contribution in [3.63, 3.8) is 0 Å². The third-order valence-electron chi connectivity index (χ3n) is 8.58. The van der Waals surface area contributed by atoms with Crippen molar-refractivity contribution < 1.29 is 14.3 Å². The van der Waals surface area contributed by atoms with Gasteiger partial charge in [-0.05, 0) is 75.0 Å². The maximum absolute atomic E-state index is 14.0. The molecule has 2 atom stereocenters. The Kier molecular flexibility index (Phi) is 5.98. The largest absolute Gasteiger partial charge is 0.494 e. The first kappa shape index (κ1) is 24.0. The topological polar surface area (TPSA) is 68.9 Å². The van der Waals surface area contributed by atoms with E-state index in [1.807, 2.05) is 61.2 Å². The summed E-state index contributed by atoms with van der Waals surface area (Å²) in [6, 6.07) is 15.6. The van der Waals surface area contributed by atoms with Crippen molar-refractivity contribution in [3.05, 3.63) is 65.4 Å². The number of hydrogen-bond donors (Lipinski definition) is 1. The van der Waals surface area contributed by atoms with Crippen molar-refractivity contribution >= 4 is 22.8 Å². The lowest BCUT2D eigenvalue weighted by Gasteiger charge is -2.42. The van der Waals surface area contributed by atoms with Crippen LogP contribution in [0.25, 0.3) is 10.9 Å². The molecule has 2 aromatic carbocycles. The second-order valence-electron chi connectivity index (χ2n) is 11.1. The average Bonchev–Trinajstić information content (AvgIpc) is 3.34. The Bertz CT molecular complexity index is 1330. The molecule has 6 rings (SSSR count). The van der Waals surface area contributed by atoms with Crippen LogP contribution in [0.4, 0.5) is 4.79 Å². The van der Waals surface area contributed by atoms with Gasteiger partial charge in [-0.25, -0.2) is 4.79 Å². The number of rotatable bonds is 6. The fraction of sp³-hybridized carbons (Fsp3) is 0.467. The Balaban J connectivity index is 1.39. The number of ether oxygens (including phenoxy) is 1. The molecule has 1 N–H and O–H groups in total. The second kappa shape index (κ2) is 9.21. The lowest BCUT2D eigenvalue weighted by molar-refractivity contribution is -0.133. The number of piperidine rings is 1. The first-order valence-corrected chi connectivity index (χ1v) is 13.6. The molecule has 1 aromatic heterocycles. The van der Waals surface area contributed by atoms with Crippen LogP contribution in [0.5, 0.6) is 5.75 Å². The van der Waals surface area contributed by atoms with Gasteiger partial charge in [-0.1, -0.05) is 37.3 Å². The number of benzene rings is 2. The molecule has 7 nitrogen and oxygen atoms in total. The van der Waals surface area contributed by atoms with Gasteiger partial charge in [0, 0.05) is 36.1 Å². The minimum atomic E-state index is -0.947. The zero-order chi connectivity index (χ0) is 25.7. The highest BCUT2D eigenvalue weighted by atomic mass is 16.5. The highest BCUT2D eigenvalue weighted by Gasteiger charge is 2.60. The van der Waals surface area contributed by atoms with Crippen molar-refractivity contribution in [1.82, 2.24) is 19.7 Å². The molecular formula is C30H36N4O3. The molecule has 0 bridgehead atoms. The molecule has 0 unspecified atom stereocenters. The SMILES string of the molecule is CCOc1ccc2[nH]c3c(c2c1)C[C@@]1(C)C(=O)N(CCN2CCC(C)CC2)C(=O)N1[C@@H]3c1ccccc1. The number of aromatic amines is 1. The smallest absolute Gasteiger partial charge is 0.328 e. The molecule has 4 heterocycles. The number of carbonyl (C=O) groups is 2. The summed E-state index contributed by atoms with van der Waals surface area (Å²) < 4.78 is 5.79. The van der Waals surface area contributed by atoms with E-state index >= 15 is 0 Å². The molecule has 37 heavy (non-hydrogen) atoms. The van der Waals surface area contributed by atoms with E-state index in [2.05, 4.69) is 22.9 Å². The third-order valence-corrected chi connectivity index (χ3v) is 8.58. The molecule has 3 aliphatic heterocycles. The summed E-state index contributed by atoms with van der Waals surface area (Å²) >= 11 is 0. The van der Waals surface area contributed by atoms with Crippen molar-refractivity contribution in [2.45, 2.75) is 51.6 Å². The van der Waals surface area contributed by atoms with E-state index in [0.717, 1.165) is 59.0 Å². The molecule has 3 amide bonds. The fourth-order valence-electron chi connectivity index (χ4n) is 6.45. The van der Waals surface area contributed by atoms with Crippen LogP contribution in [-0.2, 0) is 11.2 Å². The number of nitrogens with zero attached hydrogens (tertiary/aromatic N) is 3. The first-order valence-electron chi connectivity index (χ1n) is 13.6. The van der Waals surface area contributed by atoms with Crippen LogP contribution in [0.3, 0.4) is 0 Å². The van der Waals surface area contributed by atoms with Gasteiger partial charge in [-0.3, -0.25) is 14.6 Å². The molecular weight excluding hydrogens is 464 g/mol. The van der Waals surface area contributed by atoms with Crippen LogP contribution in [0.15, 0.2) is 48.5 Å². The quantitative estimate of drug-likeness (QED) is 0.486. The standard InChI is InChI=1S/C30H36N4O3/c1-4-37-22-10-11-25-23(18-22)24-19-30(3)28(35)33(17-16-32-14-12-20(2)13-15-32)29(36)34(30)27(26(24)31-25)21-8-6-5-7-9-21/h5-11,18,20,27,31H,4,12-17,19H2,1-3H3/t27-,30+/m1/s1. The van der Waals surface area contributed by atoms with E-state index in [0.29, 0.717) is 19.6 Å². The minimum Gasteiger partial charge on any atom is -0.494 e. The first-order chi connectivity index (χ1) is 17.9. The molecule has 0 aliphatic carbocycles.